The van der Waals surface area contributed by atoms with Crippen LogP contribution in [0.3, 0.4) is 0 Å². The Labute approximate surface area is 128 Å². The van der Waals surface area contributed by atoms with Gasteiger partial charge >= 0.3 is 5.97 Å². The first-order chi connectivity index (χ1) is 10.3. The maximum Gasteiger partial charge on any atom is 0.310 e. The zero-order chi connectivity index (χ0) is 16.4. The quantitative estimate of drug-likeness (QED) is 0.800. The number of esters is 1. The highest BCUT2D eigenvalue weighted by Gasteiger charge is 2.23. The van der Waals surface area contributed by atoms with Gasteiger partial charge in [0.2, 0.25) is 0 Å². The van der Waals surface area contributed by atoms with Gasteiger partial charge in [-0.15, -0.1) is 0 Å². The predicted molar refractivity (Wildman–Crippen MR) is 79.4 cm³/mol. The fourth-order valence-corrected chi connectivity index (χ4v) is 2.36. The highest BCUT2D eigenvalue weighted by atomic mass is 16.5. The number of carbonyl (C=O) groups is 2. The molecule has 0 N–H and O–H groups in total. The van der Waals surface area contributed by atoms with E-state index in [1.54, 1.807) is 33.9 Å². The number of amides is 1. The summed E-state index contributed by atoms with van der Waals surface area (Å²) in [6.07, 6.45) is 0. The van der Waals surface area contributed by atoms with Crippen LogP contribution in [0, 0.1) is 19.8 Å². The number of fused-ring (bicyclic) bond motifs is 1. The number of carbonyl (C=O) groups excluding carboxylic acids is 2. The molecule has 0 aromatic carbocycles. The molecule has 0 saturated carbocycles. The Morgan fingerprint density at radius 2 is 2.09 bits per heavy atom. The standard InChI is InChI=1S/C15H19N3O4/c1-8(15(20)21-5)7-18(4)14(19)11-6-9(2)16-13-12(11)10(3)17-22-13/h6,8H,7H2,1-5H3/t8-/m1/s1. The SMILES string of the molecule is COC(=O)[C@H](C)CN(C)C(=O)c1cc(C)nc2onc(C)c12. The number of methoxy groups -OCH3 is 1. The molecule has 0 radical (unpaired) electrons. The van der Waals surface area contributed by atoms with Crippen molar-refractivity contribution in [2.24, 2.45) is 5.92 Å². The van der Waals surface area contributed by atoms with Crippen LogP contribution in [0.4, 0.5) is 0 Å². The van der Waals surface area contributed by atoms with E-state index in [1.807, 2.05) is 0 Å². The van der Waals surface area contributed by atoms with Crippen LogP contribution < -0.4 is 0 Å². The lowest BCUT2D eigenvalue weighted by atomic mass is 10.1. The molecule has 7 heteroatoms. The summed E-state index contributed by atoms with van der Waals surface area (Å²) >= 11 is 0. The Morgan fingerprint density at radius 3 is 2.73 bits per heavy atom. The van der Waals surface area contributed by atoms with Crippen molar-refractivity contribution in [2.75, 3.05) is 20.7 Å². The summed E-state index contributed by atoms with van der Waals surface area (Å²) in [4.78, 5) is 29.9. The first kappa shape index (κ1) is 15.9. The van der Waals surface area contributed by atoms with Gasteiger partial charge in [0.15, 0.2) is 0 Å². The van der Waals surface area contributed by atoms with Gasteiger partial charge in [-0.2, -0.15) is 0 Å². The Morgan fingerprint density at radius 1 is 1.41 bits per heavy atom. The number of ether oxygens (including phenoxy) is 1. The van der Waals surface area contributed by atoms with E-state index in [4.69, 9.17) is 4.52 Å². The second-order valence-corrected chi connectivity index (χ2v) is 5.37. The molecule has 0 saturated heterocycles. The zero-order valence-electron chi connectivity index (χ0n) is 13.3. The van der Waals surface area contributed by atoms with Crippen LogP contribution in [0.1, 0.15) is 28.7 Å². The third-order valence-corrected chi connectivity index (χ3v) is 3.47. The fraction of sp³-hybridized carbons (Fsp3) is 0.467. The average Bonchev–Trinajstić information content (AvgIpc) is 2.85. The smallest absolute Gasteiger partial charge is 0.310 e. The van der Waals surface area contributed by atoms with Crippen molar-refractivity contribution in [1.82, 2.24) is 15.0 Å². The van der Waals surface area contributed by atoms with Crippen LogP contribution >= 0.6 is 0 Å². The summed E-state index contributed by atoms with van der Waals surface area (Å²) < 4.78 is 9.81. The molecule has 1 amide bonds. The van der Waals surface area contributed by atoms with Crippen molar-refractivity contribution in [1.29, 1.82) is 0 Å². The van der Waals surface area contributed by atoms with Gasteiger partial charge < -0.3 is 14.2 Å². The molecule has 0 bridgehead atoms. The predicted octanol–water partition coefficient (Wildman–Crippen LogP) is 1.72. The minimum Gasteiger partial charge on any atom is -0.469 e. The molecule has 2 aromatic rings. The summed E-state index contributed by atoms with van der Waals surface area (Å²) in [5.41, 5.74) is 2.10. The number of hydrogen-bond donors (Lipinski definition) is 0. The van der Waals surface area contributed by atoms with Crippen molar-refractivity contribution in [3.05, 3.63) is 23.0 Å². The van der Waals surface area contributed by atoms with Crippen LogP contribution in [-0.4, -0.2) is 47.6 Å². The molecular formula is C15H19N3O4. The maximum atomic E-state index is 12.7. The number of rotatable bonds is 4. The minimum absolute atomic E-state index is 0.211. The first-order valence-electron chi connectivity index (χ1n) is 6.92. The Bertz CT molecular complexity index is 723. The van der Waals surface area contributed by atoms with E-state index in [0.717, 1.165) is 0 Å². The molecule has 22 heavy (non-hydrogen) atoms. The van der Waals surface area contributed by atoms with Crippen molar-refractivity contribution in [3.63, 3.8) is 0 Å². The van der Waals surface area contributed by atoms with Crippen LogP contribution in [0.25, 0.3) is 11.1 Å². The summed E-state index contributed by atoms with van der Waals surface area (Å²) in [6.45, 7) is 5.52. The highest BCUT2D eigenvalue weighted by Crippen LogP contribution is 2.23. The van der Waals surface area contributed by atoms with E-state index in [-0.39, 0.29) is 18.4 Å². The summed E-state index contributed by atoms with van der Waals surface area (Å²) in [5.74, 6) is -0.963. The third kappa shape index (κ3) is 2.93. The molecule has 0 aliphatic rings. The minimum atomic E-state index is -0.402. The third-order valence-electron chi connectivity index (χ3n) is 3.47. The Kier molecular flexibility index (Phi) is 4.44. The molecule has 1 atom stereocenters. The van der Waals surface area contributed by atoms with E-state index >= 15 is 0 Å². The van der Waals surface area contributed by atoms with Gasteiger partial charge in [-0.3, -0.25) is 9.59 Å². The van der Waals surface area contributed by atoms with Crippen molar-refractivity contribution >= 4 is 23.0 Å². The van der Waals surface area contributed by atoms with Gasteiger partial charge in [-0.25, -0.2) is 4.98 Å². The molecule has 118 valence electrons. The van der Waals surface area contributed by atoms with E-state index in [9.17, 15) is 9.59 Å². The Hall–Kier alpha value is -2.44. The molecule has 2 aromatic heterocycles. The second kappa shape index (κ2) is 6.13. The maximum absolute atomic E-state index is 12.7. The van der Waals surface area contributed by atoms with Gasteiger partial charge in [-0.05, 0) is 19.9 Å². The summed E-state index contributed by atoms with van der Waals surface area (Å²) in [5, 5.41) is 4.46. The monoisotopic (exact) mass is 305 g/mol. The van der Waals surface area contributed by atoms with Crippen LogP contribution in [0.2, 0.25) is 0 Å². The summed E-state index contributed by atoms with van der Waals surface area (Å²) in [6, 6.07) is 1.70. The lowest BCUT2D eigenvalue weighted by molar-refractivity contribution is -0.145. The molecule has 0 fully saturated rings. The fourth-order valence-electron chi connectivity index (χ4n) is 2.36. The largest absolute Gasteiger partial charge is 0.469 e. The molecule has 7 nitrogen and oxygen atoms in total. The first-order valence-corrected chi connectivity index (χ1v) is 6.92. The topological polar surface area (TPSA) is 85.5 Å². The molecular weight excluding hydrogens is 286 g/mol. The van der Waals surface area contributed by atoms with Crippen LogP contribution in [-0.2, 0) is 9.53 Å². The van der Waals surface area contributed by atoms with Crippen molar-refractivity contribution < 1.29 is 18.8 Å². The van der Waals surface area contributed by atoms with Crippen LogP contribution in [0.5, 0.6) is 0 Å². The van der Waals surface area contributed by atoms with E-state index in [0.29, 0.717) is 28.1 Å². The Balaban J connectivity index is 2.33. The molecule has 2 rings (SSSR count). The lowest BCUT2D eigenvalue weighted by Gasteiger charge is -2.20. The van der Waals surface area contributed by atoms with Gasteiger partial charge in [-0.1, -0.05) is 12.1 Å². The zero-order valence-corrected chi connectivity index (χ0v) is 13.3. The van der Waals surface area contributed by atoms with Crippen molar-refractivity contribution in [2.45, 2.75) is 20.8 Å². The number of hydrogen-bond acceptors (Lipinski definition) is 6. The van der Waals surface area contributed by atoms with Gasteiger partial charge in [0.25, 0.3) is 11.6 Å². The second-order valence-electron chi connectivity index (χ2n) is 5.37. The molecule has 2 heterocycles. The van der Waals surface area contributed by atoms with Gasteiger partial charge in [0, 0.05) is 19.3 Å². The normalized spacial score (nSPS) is 12.2. The van der Waals surface area contributed by atoms with E-state index in [1.165, 1.54) is 12.0 Å². The molecule has 0 unspecified atom stereocenters. The number of aryl methyl sites for hydroxylation is 2. The molecule has 0 aliphatic heterocycles. The average molecular weight is 305 g/mol. The molecule has 0 spiro atoms. The van der Waals surface area contributed by atoms with Gasteiger partial charge in [0.1, 0.15) is 0 Å². The van der Waals surface area contributed by atoms with E-state index in [2.05, 4.69) is 14.9 Å². The van der Waals surface area contributed by atoms with Crippen molar-refractivity contribution in [3.8, 4) is 0 Å². The van der Waals surface area contributed by atoms with E-state index < -0.39 is 5.92 Å². The lowest BCUT2D eigenvalue weighted by Crippen LogP contribution is -2.34. The number of aromatic nitrogens is 2. The highest BCUT2D eigenvalue weighted by molar-refractivity contribution is 6.06. The number of nitrogens with zero attached hydrogens (tertiary/aromatic N) is 3. The molecule has 0 aliphatic carbocycles. The van der Waals surface area contributed by atoms with Crippen LogP contribution in [0.15, 0.2) is 10.6 Å². The van der Waals surface area contributed by atoms with Gasteiger partial charge in [0.05, 0.1) is 29.7 Å². The number of pyridine rings is 1. The summed E-state index contributed by atoms with van der Waals surface area (Å²) in [7, 11) is 2.98.